The van der Waals surface area contributed by atoms with Crippen LogP contribution >= 0.6 is 0 Å². The van der Waals surface area contributed by atoms with Crippen LogP contribution in [0.25, 0.3) is 21.7 Å². The second-order valence-electron chi connectivity index (χ2n) is 7.76. The number of fused-ring (bicyclic) bond motifs is 2. The Kier molecular flexibility index (Phi) is 5.80. The van der Waals surface area contributed by atoms with Gasteiger partial charge in [0.05, 0.1) is 12.1 Å². The molecule has 0 atom stereocenters. The first-order chi connectivity index (χ1) is 14.6. The van der Waals surface area contributed by atoms with Crippen LogP contribution in [0, 0.1) is 5.92 Å². The summed E-state index contributed by atoms with van der Waals surface area (Å²) in [6, 6.07) is 21.9. The van der Waals surface area contributed by atoms with E-state index in [1.165, 1.54) is 10.8 Å². The molecule has 150 valence electrons. The molecule has 0 saturated heterocycles. The summed E-state index contributed by atoms with van der Waals surface area (Å²) in [6.07, 6.45) is 1.73. The van der Waals surface area contributed by atoms with Gasteiger partial charge in [0.15, 0.2) is 0 Å². The molecule has 0 bridgehead atoms. The first kappa shape index (κ1) is 19.7. The molecule has 0 saturated carbocycles. The van der Waals surface area contributed by atoms with E-state index >= 15 is 0 Å². The predicted octanol–water partition coefficient (Wildman–Crippen LogP) is 6.06. The van der Waals surface area contributed by atoms with Crippen molar-refractivity contribution < 1.29 is 4.79 Å². The highest BCUT2D eigenvalue weighted by molar-refractivity contribution is 6.01. The fourth-order valence-electron chi connectivity index (χ4n) is 3.31. The molecule has 3 aromatic carbocycles. The molecular weight excluding hydrogens is 372 g/mol. The van der Waals surface area contributed by atoms with Crippen molar-refractivity contribution in [2.75, 3.05) is 6.54 Å². The van der Waals surface area contributed by atoms with Crippen molar-refractivity contribution in [2.45, 2.75) is 20.4 Å². The predicted molar refractivity (Wildman–Crippen MR) is 121 cm³/mol. The molecule has 1 aromatic heterocycles. The van der Waals surface area contributed by atoms with E-state index in [1.807, 2.05) is 30.3 Å². The van der Waals surface area contributed by atoms with Gasteiger partial charge in [-0.25, -0.2) is 0 Å². The lowest BCUT2D eigenvalue weighted by Gasteiger charge is -2.09. The number of nitrogens with one attached hydrogen (secondary N) is 1. The molecule has 5 heteroatoms. The molecule has 0 radical (unpaired) electrons. The van der Waals surface area contributed by atoms with Crippen molar-refractivity contribution in [2.24, 2.45) is 16.1 Å². The molecule has 1 amide bonds. The highest BCUT2D eigenvalue weighted by Gasteiger charge is 2.11. The number of carbonyl (C=O) groups is 1. The molecule has 0 aliphatic carbocycles. The summed E-state index contributed by atoms with van der Waals surface area (Å²) in [6.45, 7) is 5.22. The summed E-state index contributed by atoms with van der Waals surface area (Å²) < 4.78 is 0. The van der Waals surface area contributed by atoms with E-state index in [-0.39, 0.29) is 5.91 Å². The van der Waals surface area contributed by atoms with Crippen LogP contribution < -0.4 is 5.32 Å². The van der Waals surface area contributed by atoms with Gasteiger partial charge in [0, 0.05) is 23.7 Å². The third kappa shape index (κ3) is 4.51. The van der Waals surface area contributed by atoms with Gasteiger partial charge in [-0.1, -0.05) is 56.3 Å². The Morgan fingerprint density at radius 2 is 1.77 bits per heavy atom. The molecule has 0 aliphatic heterocycles. The number of azo groups is 1. The fraction of sp³-hybridized carbons (Fsp3) is 0.200. The standard InChI is InChI=1S/C25H24N4O/c1-17(2)15-27-25(30)22-13-21-8-5-11-26-24(21)23(14-22)29-28-16-18-9-10-19-6-3-4-7-20(19)12-18/h3-14,17H,15-16H2,1-2H3,(H,27,30). The lowest BCUT2D eigenvalue weighted by Crippen LogP contribution is -2.27. The van der Waals surface area contributed by atoms with Gasteiger partial charge in [-0.3, -0.25) is 9.78 Å². The van der Waals surface area contributed by atoms with Crippen LogP contribution in [0.1, 0.15) is 29.8 Å². The quantitative estimate of drug-likeness (QED) is 0.403. The van der Waals surface area contributed by atoms with Gasteiger partial charge in [0.25, 0.3) is 5.91 Å². The van der Waals surface area contributed by atoms with E-state index in [0.29, 0.717) is 30.3 Å². The Morgan fingerprint density at radius 3 is 2.60 bits per heavy atom. The lowest BCUT2D eigenvalue weighted by molar-refractivity contribution is 0.0949. The number of nitrogens with zero attached hydrogens (tertiary/aromatic N) is 3. The lowest BCUT2D eigenvalue weighted by atomic mass is 10.1. The van der Waals surface area contributed by atoms with Gasteiger partial charge in [-0.2, -0.15) is 10.2 Å². The van der Waals surface area contributed by atoms with Crippen LogP contribution in [0.3, 0.4) is 0 Å². The van der Waals surface area contributed by atoms with Crippen LogP contribution in [0.2, 0.25) is 0 Å². The van der Waals surface area contributed by atoms with Crippen molar-refractivity contribution in [3.8, 4) is 0 Å². The monoisotopic (exact) mass is 396 g/mol. The summed E-state index contributed by atoms with van der Waals surface area (Å²) in [5.41, 5.74) is 2.99. The molecule has 0 unspecified atom stereocenters. The number of carbonyl (C=O) groups excluding carboxylic acids is 1. The second-order valence-corrected chi connectivity index (χ2v) is 7.76. The van der Waals surface area contributed by atoms with E-state index in [1.54, 1.807) is 12.3 Å². The van der Waals surface area contributed by atoms with Gasteiger partial charge >= 0.3 is 0 Å². The third-order valence-electron chi connectivity index (χ3n) is 4.86. The SMILES string of the molecule is CC(C)CNC(=O)c1cc(N=NCc2ccc3ccccc3c2)c2ncccc2c1. The minimum atomic E-state index is -0.111. The molecule has 4 aromatic rings. The topological polar surface area (TPSA) is 66.7 Å². The zero-order valence-corrected chi connectivity index (χ0v) is 17.2. The highest BCUT2D eigenvalue weighted by atomic mass is 16.1. The fourth-order valence-corrected chi connectivity index (χ4v) is 3.31. The first-order valence-corrected chi connectivity index (χ1v) is 10.1. The number of benzene rings is 3. The van der Waals surface area contributed by atoms with Crippen molar-refractivity contribution in [1.82, 2.24) is 10.3 Å². The van der Waals surface area contributed by atoms with Crippen molar-refractivity contribution in [3.63, 3.8) is 0 Å². The summed E-state index contributed by atoms with van der Waals surface area (Å²) in [5.74, 6) is 0.276. The van der Waals surface area contributed by atoms with Gasteiger partial charge in [-0.15, -0.1) is 0 Å². The molecule has 4 rings (SSSR count). The molecule has 1 heterocycles. The van der Waals surface area contributed by atoms with Crippen LogP contribution in [0.15, 0.2) is 83.2 Å². The molecule has 0 aliphatic rings. The molecule has 0 spiro atoms. The first-order valence-electron chi connectivity index (χ1n) is 10.1. The van der Waals surface area contributed by atoms with Crippen LogP contribution in [0.5, 0.6) is 0 Å². The number of hydrogen-bond donors (Lipinski definition) is 1. The Labute approximate surface area is 175 Å². The van der Waals surface area contributed by atoms with E-state index in [4.69, 9.17) is 0 Å². The maximum Gasteiger partial charge on any atom is 0.251 e. The van der Waals surface area contributed by atoms with Crippen molar-refractivity contribution >= 4 is 33.3 Å². The molecule has 30 heavy (non-hydrogen) atoms. The van der Waals surface area contributed by atoms with Crippen molar-refractivity contribution in [1.29, 1.82) is 0 Å². The average Bonchev–Trinajstić information content (AvgIpc) is 2.77. The second kappa shape index (κ2) is 8.82. The minimum Gasteiger partial charge on any atom is -0.352 e. The Hall–Kier alpha value is -3.60. The highest BCUT2D eigenvalue weighted by Crippen LogP contribution is 2.27. The van der Waals surface area contributed by atoms with Gasteiger partial charge < -0.3 is 5.32 Å². The number of pyridine rings is 1. The third-order valence-corrected chi connectivity index (χ3v) is 4.86. The molecular formula is C25H24N4O. The summed E-state index contributed by atoms with van der Waals surface area (Å²) >= 11 is 0. The number of aromatic nitrogens is 1. The average molecular weight is 396 g/mol. The summed E-state index contributed by atoms with van der Waals surface area (Å²) in [4.78, 5) is 17.0. The van der Waals surface area contributed by atoms with Crippen LogP contribution in [0.4, 0.5) is 5.69 Å². The van der Waals surface area contributed by atoms with Crippen molar-refractivity contribution in [3.05, 3.63) is 84.1 Å². The zero-order valence-electron chi connectivity index (χ0n) is 17.2. The normalized spacial score (nSPS) is 11.6. The van der Waals surface area contributed by atoms with Gasteiger partial charge in [0.1, 0.15) is 5.69 Å². The van der Waals surface area contributed by atoms with E-state index in [9.17, 15) is 4.79 Å². The Balaban J connectivity index is 1.60. The molecule has 5 nitrogen and oxygen atoms in total. The summed E-state index contributed by atoms with van der Waals surface area (Å²) in [5, 5.41) is 15.0. The maximum absolute atomic E-state index is 12.6. The smallest absolute Gasteiger partial charge is 0.251 e. The Morgan fingerprint density at radius 1 is 0.967 bits per heavy atom. The van der Waals surface area contributed by atoms with Gasteiger partial charge in [0.2, 0.25) is 0 Å². The van der Waals surface area contributed by atoms with Crippen LogP contribution in [-0.2, 0) is 6.54 Å². The number of rotatable bonds is 6. The number of hydrogen-bond acceptors (Lipinski definition) is 4. The van der Waals surface area contributed by atoms with Gasteiger partial charge in [-0.05, 0) is 46.5 Å². The largest absolute Gasteiger partial charge is 0.352 e. The molecule has 1 N–H and O–H groups in total. The molecule has 0 fully saturated rings. The van der Waals surface area contributed by atoms with E-state index < -0.39 is 0 Å². The Bertz CT molecular complexity index is 1230. The van der Waals surface area contributed by atoms with E-state index in [2.05, 4.69) is 64.7 Å². The van der Waals surface area contributed by atoms with E-state index in [0.717, 1.165) is 16.5 Å². The minimum absolute atomic E-state index is 0.111. The maximum atomic E-state index is 12.6. The zero-order chi connectivity index (χ0) is 20.9. The summed E-state index contributed by atoms with van der Waals surface area (Å²) in [7, 11) is 0. The van der Waals surface area contributed by atoms with Crippen LogP contribution in [-0.4, -0.2) is 17.4 Å². The number of amides is 1.